The number of halogens is 1. The lowest BCUT2D eigenvalue weighted by molar-refractivity contribution is 0.204. The highest BCUT2D eigenvalue weighted by Gasteiger charge is 2.35. The quantitative estimate of drug-likeness (QED) is 0.601. The minimum atomic E-state index is -0.502. The third-order valence-electron chi connectivity index (χ3n) is 4.93. The summed E-state index contributed by atoms with van der Waals surface area (Å²) in [6, 6.07) is 9.23. The van der Waals surface area contributed by atoms with Crippen LogP contribution in [0.1, 0.15) is 44.2 Å². The average molecular weight is 412 g/mol. The Bertz CT molecular complexity index is 1030. The van der Waals surface area contributed by atoms with Gasteiger partial charge in [-0.15, -0.1) is 11.3 Å². The van der Waals surface area contributed by atoms with E-state index >= 15 is 0 Å². The van der Waals surface area contributed by atoms with E-state index in [4.69, 9.17) is 4.52 Å². The molecule has 29 heavy (non-hydrogen) atoms. The molecule has 0 spiro atoms. The number of allylic oxidation sites excluding steroid dienone is 1. The van der Waals surface area contributed by atoms with Crippen molar-refractivity contribution in [1.29, 1.82) is 0 Å². The third-order valence-corrected chi connectivity index (χ3v) is 5.80. The Kier molecular flexibility index (Phi) is 5.44. The Morgan fingerprint density at radius 1 is 1.28 bits per heavy atom. The molecule has 1 unspecified atom stereocenters. The Labute approximate surface area is 172 Å². The first-order valence-corrected chi connectivity index (χ1v) is 10.4. The molecule has 3 aromatic rings. The van der Waals surface area contributed by atoms with Gasteiger partial charge in [0.25, 0.3) is 5.89 Å². The number of nitrogens with one attached hydrogen (secondary N) is 1. The molecule has 0 aliphatic carbocycles. The number of benzene rings is 1. The maximum atomic E-state index is 13.4. The van der Waals surface area contributed by atoms with Crippen molar-refractivity contribution in [3.8, 4) is 10.7 Å². The predicted molar refractivity (Wildman–Crippen MR) is 109 cm³/mol. The number of rotatable bonds is 6. The monoisotopic (exact) mass is 412 g/mol. The molecule has 1 N–H and O–H groups in total. The van der Waals surface area contributed by atoms with Crippen LogP contribution in [-0.4, -0.2) is 27.6 Å². The van der Waals surface area contributed by atoms with Crippen molar-refractivity contribution in [2.75, 3.05) is 6.54 Å². The van der Waals surface area contributed by atoms with E-state index in [1.165, 1.54) is 23.5 Å². The number of unbranched alkanes of at least 4 members (excludes halogenated alkanes) is 1. The van der Waals surface area contributed by atoms with Crippen LogP contribution in [0.3, 0.4) is 0 Å². The van der Waals surface area contributed by atoms with E-state index in [1.807, 2.05) is 24.4 Å². The van der Waals surface area contributed by atoms with Crippen LogP contribution in [0.5, 0.6) is 0 Å². The highest BCUT2D eigenvalue weighted by Crippen LogP contribution is 2.37. The summed E-state index contributed by atoms with van der Waals surface area (Å²) >= 11 is 1.52. The van der Waals surface area contributed by atoms with Crippen molar-refractivity contribution < 1.29 is 13.7 Å². The molecule has 0 saturated heterocycles. The second-order valence-electron chi connectivity index (χ2n) is 6.84. The molecule has 0 bridgehead atoms. The fraction of sp³-hybridized carbons (Fsp3) is 0.286. The van der Waals surface area contributed by atoms with Crippen molar-refractivity contribution >= 4 is 22.9 Å². The summed E-state index contributed by atoms with van der Waals surface area (Å²) in [6.07, 6.45) is 1.85. The number of carbonyl (C=O) groups is 1. The zero-order valence-corrected chi connectivity index (χ0v) is 17.0. The van der Waals surface area contributed by atoms with Gasteiger partial charge in [-0.3, -0.25) is 4.90 Å². The lowest BCUT2D eigenvalue weighted by Gasteiger charge is -2.35. The average Bonchev–Trinajstić information content (AvgIpc) is 3.40. The first-order chi connectivity index (χ1) is 14.1. The van der Waals surface area contributed by atoms with Gasteiger partial charge in [-0.25, -0.2) is 9.18 Å². The lowest BCUT2D eigenvalue weighted by Crippen LogP contribution is -2.46. The van der Waals surface area contributed by atoms with Crippen LogP contribution in [0.2, 0.25) is 0 Å². The van der Waals surface area contributed by atoms with Crippen LogP contribution in [-0.2, 0) is 0 Å². The van der Waals surface area contributed by atoms with Gasteiger partial charge in [-0.1, -0.05) is 36.7 Å². The van der Waals surface area contributed by atoms with Crippen molar-refractivity contribution in [2.24, 2.45) is 0 Å². The Morgan fingerprint density at radius 2 is 2.07 bits per heavy atom. The van der Waals surface area contributed by atoms with E-state index in [2.05, 4.69) is 22.4 Å². The Balaban J connectivity index is 1.79. The van der Waals surface area contributed by atoms with Crippen LogP contribution in [0.15, 0.2) is 52.0 Å². The smallest absolute Gasteiger partial charge is 0.322 e. The minimum absolute atomic E-state index is 0.188. The van der Waals surface area contributed by atoms with Crippen LogP contribution in [0.4, 0.5) is 9.18 Å². The van der Waals surface area contributed by atoms with Crippen molar-refractivity contribution in [3.63, 3.8) is 0 Å². The number of urea groups is 1. The number of hydrogen-bond donors (Lipinski definition) is 1. The molecule has 0 saturated carbocycles. The number of hydrogen-bond acceptors (Lipinski definition) is 5. The molecular weight excluding hydrogens is 391 g/mol. The summed E-state index contributed by atoms with van der Waals surface area (Å²) < 4.78 is 19.0. The second kappa shape index (κ2) is 8.16. The normalized spacial score (nSPS) is 17.0. The van der Waals surface area contributed by atoms with Crippen molar-refractivity contribution in [2.45, 2.75) is 32.7 Å². The van der Waals surface area contributed by atoms with Gasteiger partial charge in [0, 0.05) is 12.2 Å². The molecule has 0 radical (unpaired) electrons. The summed E-state index contributed by atoms with van der Waals surface area (Å²) in [4.78, 5) is 20.0. The van der Waals surface area contributed by atoms with Gasteiger partial charge in [-0.05, 0) is 42.5 Å². The van der Waals surface area contributed by atoms with Crippen LogP contribution >= 0.6 is 11.3 Å². The van der Waals surface area contributed by atoms with Gasteiger partial charge in [0.2, 0.25) is 5.82 Å². The summed E-state index contributed by atoms with van der Waals surface area (Å²) in [5, 5.41) is 9.08. The molecule has 1 aromatic carbocycles. The number of aromatic nitrogens is 2. The molecule has 2 aromatic heterocycles. The molecule has 1 atom stereocenters. The van der Waals surface area contributed by atoms with Gasteiger partial charge in [0.05, 0.1) is 16.5 Å². The minimum Gasteiger partial charge on any atom is -0.334 e. The van der Waals surface area contributed by atoms with E-state index in [-0.39, 0.29) is 11.8 Å². The molecular formula is C21H21FN4O2S. The molecule has 8 heteroatoms. The number of carbonyl (C=O) groups excluding carboxylic acids is 1. The van der Waals surface area contributed by atoms with Gasteiger partial charge in [0.1, 0.15) is 5.82 Å². The molecule has 3 heterocycles. The third kappa shape index (κ3) is 3.80. The molecule has 1 aliphatic rings. The molecule has 150 valence electrons. The summed E-state index contributed by atoms with van der Waals surface area (Å²) in [5.74, 6) is 0.521. The van der Waals surface area contributed by atoms with Crippen molar-refractivity contribution in [3.05, 3.63) is 64.7 Å². The highest BCUT2D eigenvalue weighted by molar-refractivity contribution is 7.13. The van der Waals surface area contributed by atoms with E-state index in [9.17, 15) is 9.18 Å². The molecule has 2 amide bonds. The van der Waals surface area contributed by atoms with Gasteiger partial charge >= 0.3 is 6.03 Å². The number of amides is 2. The molecule has 0 fully saturated rings. The zero-order valence-electron chi connectivity index (χ0n) is 16.2. The second-order valence-corrected chi connectivity index (χ2v) is 7.79. The van der Waals surface area contributed by atoms with E-state index in [0.717, 1.165) is 34.6 Å². The zero-order chi connectivity index (χ0) is 20.4. The number of nitrogens with zero attached hydrogens (tertiary/aromatic N) is 3. The first-order valence-electron chi connectivity index (χ1n) is 9.50. The fourth-order valence-corrected chi connectivity index (χ4v) is 4.04. The SMILES string of the molecule is CCCCN1C(=O)NC(c2ccc(F)cc2)C(c2nc(-c3cccs3)no2)=C1C. The molecule has 6 nitrogen and oxygen atoms in total. The van der Waals surface area contributed by atoms with E-state index in [1.54, 1.807) is 17.0 Å². The predicted octanol–water partition coefficient (Wildman–Crippen LogP) is 5.23. The summed E-state index contributed by atoms with van der Waals surface area (Å²) in [7, 11) is 0. The number of thiophene rings is 1. The molecule has 4 rings (SSSR count). The standard InChI is InChI=1S/C21H21FN4O2S/c1-3-4-11-26-13(2)17(20-24-19(25-28-20)16-6-5-12-29-16)18(23-21(26)27)14-7-9-15(22)10-8-14/h5-10,12,18H,3-4,11H2,1-2H3,(H,23,27). The van der Waals surface area contributed by atoms with E-state index < -0.39 is 6.04 Å². The first kappa shape index (κ1) is 19.3. The summed E-state index contributed by atoms with van der Waals surface area (Å²) in [6.45, 7) is 4.56. The summed E-state index contributed by atoms with van der Waals surface area (Å²) in [5.41, 5.74) is 2.24. The Hall–Kier alpha value is -3.00. The Morgan fingerprint density at radius 3 is 2.76 bits per heavy atom. The van der Waals surface area contributed by atoms with Crippen molar-refractivity contribution in [1.82, 2.24) is 20.4 Å². The largest absolute Gasteiger partial charge is 0.334 e. The van der Waals surface area contributed by atoms with Crippen LogP contribution in [0, 0.1) is 5.82 Å². The van der Waals surface area contributed by atoms with Gasteiger partial charge < -0.3 is 9.84 Å². The molecule has 1 aliphatic heterocycles. The fourth-order valence-electron chi connectivity index (χ4n) is 3.39. The van der Waals surface area contributed by atoms with Gasteiger partial charge in [-0.2, -0.15) is 4.98 Å². The van der Waals surface area contributed by atoms with Crippen LogP contribution in [0.25, 0.3) is 16.3 Å². The topological polar surface area (TPSA) is 71.3 Å². The lowest BCUT2D eigenvalue weighted by atomic mass is 9.94. The maximum Gasteiger partial charge on any atom is 0.322 e. The highest BCUT2D eigenvalue weighted by atomic mass is 32.1. The van der Waals surface area contributed by atoms with Gasteiger partial charge in [0.15, 0.2) is 0 Å². The van der Waals surface area contributed by atoms with Crippen LogP contribution < -0.4 is 5.32 Å². The maximum absolute atomic E-state index is 13.4. The van der Waals surface area contributed by atoms with E-state index in [0.29, 0.717) is 18.3 Å².